The second-order valence-electron chi connectivity index (χ2n) is 6.50. The molecule has 0 radical (unpaired) electrons. The highest BCUT2D eigenvalue weighted by Gasteiger charge is 2.18. The van der Waals surface area contributed by atoms with Gasteiger partial charge in [0.1, 0.15) is 0 Å². The van der Waals surface area contributed by atoms with Gasteiger partial charge in [0.25, 0.3) is 15.9 Å². The monoisotopic (exact) mass is 375 g/mol. The molecule has 0 spiro atoms. The highest BCUT2D eigenvalue weighted by Crippen LogP contribution is 2.19. The summed E-state index contributed by atoms with van der Waals surface area (Å²) in [4.78, 5) is 12.4. The molecule has 2 aromatic rings. The van der Waals surface area contributed by atoms with Gasteiger partial charge in [-0.15, -0.1) is 0 Å². The molecule has 1 atom stereocenters. The fourth-order valence-corrected chi connectivity index (χ4v) is 3.38. The predicted octanol–water partition coefficient (Wildman–Crippen LogP) is 2.43. The molecule has 0 bridgehead atoms. The third kappa shape index (κ3) is 5.06. The van der Waals surface area contributed by atoms with Gasteiger partial charge in [-0.25, -0.2) is 8.42 Å². The Kier molecular flexibility index (Phi) is 6.39. The summed E-state index contributed by atoms with van der Waals surface area (Å²) >= 11 is 0. The molecule has 6 nitrogen and oxygen atoms in total. The molecule has 7 heteroatoms. The second-order valence-corrected chi connectivity index (χ2v) is 8.18. The highest BCUT2D eigenvalue weighted by atomic mass is 32.2. The summed E-state index contributed by atoms with van der Waals surface area (Å²) < 4.78 is 27.8. The molecule has 0 aliphatic carbocycles. The van der Waals surface area contributed by atoms with Gasteiger partial charge in [0.2, 0.25) is 0 Å². The molecule has 0 heterocycles. The zero-order valence-electron chi connectivity index (χ0n) is 15.2. The average molecular weight is 375 g/mol. The number of sulfonamides is 1. The Balaban J connectivity index is 2.24. The second kappa shape index (κ2) is 8.33. The van der Waals surface area contributed by atoms with E-state index < -0.39 is 10.0 Å². The Morgan fingerprint density at radius 1 is 1.12 bits per heavy atom. The molecule has 0 fully saturated rings. The van der Waals surface area contributed by atoms with Crippen molar-refractivity contribution < 1.29 is 13.2 Å². The topological polar surface area (TPSA) is 101 Å². The standard InChI is InChI=1S/C19H25N3O3S/c1-13-4-7-16(8-5-13)22-26(24,25)17-9-6-15(3)18(10-17)19(23)21-12-14(2)11-20/h4-10,14,22H,11-12,20H2,1-3H3,(H,21,23). The Hall–Kier alpha value is -2.38. The van der Waals surface area contributed by atoms with Gasteiger partial charge in [-0.05, 0) is 56.1 Å². The minimum atomic E-state index is -3.78. The smallest absolute Gasteiger partial charge is 0.261 e. The quantitative estimate of drug-likeness (QED) is 0.692. The van der Waals surface area contributed by atoms with E-state index in [1.807, 2.05) is 26.0 Å². The maximum Gasteiger partial charge on any atom is 0.261 e. The van der Waals surface area contributed by atoms with Crippen molar-refractivity contribution in [2.24, 2.45) is 11.7 Å². The number of rotatable bonds is 7. The van der Waals surface area contributed by atoms with Crippen molar-refractivity contribution in [1.82, 2.24) is 5.32 Å². The molecule has 0 aliphatic heterocycles. The number of anilines is 1. The van der Waals surface area contributed by atoms with E-state index in [2.05, 4.69) is 10.0 Å². The summed E-state index contributed by atoms with van der Waals surface area (Å²) in [5.74, 6) is -0.162. The van der Waals surface area contributed by atoms with Gasteiger partial charge in [0, 0.05) is 17.8 Å². The molecule has 1 amide bonds. The number of carbonyl (C=O) groups excluding carboxylic acids is 1. The van der Waals surface area contributed by atoms with Crippen LogP contribution in [0.3, 0.4) is 0 Å². The van der Waals surface area contributed by atoms with E-state index >= 15 is 0 Å². The fourth-order valence-electron chi connectivity index (χ4n) is 2.29. The lowest BCUT2D eigenvalue weighted by Gasteiger charge is -2.13. The molecule has 4 N–H and O–H groups in total. The van der Waals surface area contributed by atoms with E-state index in [-0.39, 0.29) is 16.7 Å². The van der Waals surface area contributed by atoms with Gasteiger partial charge in [0.05, 0.1) is 4.90 Å². The normalized spacial score (nSPS) is 12.5. The molecule has 0 aromatic heterocycles. The van der Waals surface area contributed by atoms with E-state index in [0.29, 0.717) is 29.9 Å². The minimum absolute atomic E-state index is 0.0423. The molecule has 0 aliphatic rings. The third-order valence-electron chi connectivity index (χ3n) is 4.08. The van der Waals surface area contributed by atoms with Crippen LogP contribution in [0.2, 0.25) is 0 Å². The van der Waals surface area contributed by atoms with Crippen LogP contribution in [-0.2, 0) is 10.0 Å². The first-order valence-electron chi connectivity index (χ1n) is 8.41. The number of aryl methyl sites for hydroxylation is 2. The van der Waals surface area contributed by atoms with Crippen LogP contribution in [0.4, 0.5) is 5.69 Å². The molecule has 0 saturated heterocycles. The van der Waals surface area contributed by atoms with Crippen LogP contribution in [0.15, 0.2) is 47.4 Å². The lowest BCUT2D eigenvalue weighted by atomic mass is 10.1. The van der Waals surface area contributed by atoms with E-state index in [0.717, 1.165) is 5.56 Å². The largest absolute Gasteiger partial charge is 0.352 e. The minimum Gasteiger partial charge on any atom is -0.352 e. The van der Waals surface area contributed by atoms with Crippen LogP contribution in [0, 0.1) is 19.8 Å². The van der Waals surface area contributed by atoms with Gasteiger partial charge in [-0.1, -0.05) is 30.7 Å². The predicted molar refractivity (Wildman–Crippen MR) is 104 cm³/mol. The fraction of sp³-hybridized carbons (Fsp3) is 0.316. The van der Waals surface area contributed by atoms with Crippen molar-refractivity contribution in [2.75, 3.05) is 17.8 Å². The van der Waals surface area contributed by atoms with E-state index in [1.165, 1.54) is 12.1 Å². The van der Waals surface area contributed by atoms with Gasteiger partial charge in [0.15, 0.2) is 0 Å². The number of amides is 1. The lowest BCUT2D eigenvalue weighted by Crippen LogP contribution is -2.31. The number of carbonyl (C=O) groups is 1. The summed E-state index contributed by atoms with van der Waals surface area (Å²) in [6.07, 6.45) is 0. The number of nitrogens with one attached hydrogen (secondary N) is 2. The van der Waals surface area contributed by atoms with Crippen LogP contribution in [0.1, 0.15) is 28.4 Å². The highest BCUT2D eigenvalue weighted by molar-refractivity contribution is 7.92. The Morgan fingerprint density at radius 2 is 1.77 bits per heavy atom. The maximum atomic E-state index is 12.6. The Bertz CT molecular complexity index is 877. The van der Waals surface area contributed by atoms with Crippen molar-refractivity contribution in [3.05, 3.63) is 59.2 Å². The van der Waals surface area contributed by atoms with E-state index in [1.54, 1.807) is 25.1 Å². The zero-order valence-corrected chi connectivity index (χ0v) is 16.1. The average Bonchev–Trinajstić information content (AvgIpc) is 2.61. The summed E-state index contributed by atoms with van der Waals surface area (Å²) in [6, 6.07) is 11.6. The molecular weight excluding hydrogens is 350 g/mol. The van der Waals surface area contributed by atoms with E-state index in [9.17, 15) is 13.2 Å². The molecule has 2 rings (SSSR count). The van der Waals surface area contributed by atoms with Crippen LogP contribution >= 0.6 is 0 Å². The summed E-state index contributed by atoms with van der Waals surface area (Å²) in [5, 5.41) is 2.79. The van der Waals surface area contributed by atoms with Crippen molar-refractivity contribution in [2.45, 2.75) is 25.7 Å². The molecule has 0 saturated carbocycles. The van der Waals surface area contributed by atoms with Crippen LogP contribution in [0.25, 0.3) is 0 Å². The molecular formula is C19H25N3O3S. The summed E-state index contributed by atoms with van der Waals surface area (Å²) in [7, 11) is -3.78. The van der Waals surface area contributed by atoms with Crippen LogP contribution in [0.5, 0.6) is 0 Å². The Labute approximate surface area is 154 Å². The van der Waals surface area contributed by atoms with Crippen LogP contribution in [-0.4, -0.2) is 27.4 Å². The van der Waals surface area contributed by atoms with E-state index in [4.69, 9.17) is 5.73 Å². The van der Waals surface area contributed by atoms with Crippen molar-refractivity contribution in [3.63, 3.8) is 0 Å². The van der Waals surface area contributed by atoms with Crippen molar-refractivity contribution >= 4 is 21.6 Å². The van der Waals surface area contributed by atoms with Crippen molar-refractivity contribution in [3.8, 4) is 0 Å². The Morgan fingerprint density at radius 3 is 2.38 bits per heavy atom. The zero-order chi connectivity index (χ0) is 19.3. The molecule has 140 valence electrons. The van der Waals surface area contributed by atoms with Gasteiger partial charge < -0.3 is 11.1 Å². The number of benzene rings is 2. The molecule has 2 aromatic carbocycles. The number of hydrogen-bond acceptors (Lipinski definition) is 4. The first kappa shape index (κ1) is 19.9. The maximum absolute atomic E-state index is 12.6. The molecule has 26 heavy (non-hydrogen) atoms. The van der Waals surface area contributed by atoms with Crippen LogP contribution < -0.4 is 15.8 Å². The van der Waals surface area contributed by atoms with Gasteiger partial charge in [-0.3, -0.25) is 9.52 Å². The SMILES string of the molecule is Cc1ccc(NS(=O)(=O)c2ccc(C)c(C(=O)NCC(C)CN)c2)cc1. The van der Waals surface area contributed by atoms with Gasteiger partial charge in [-0.2, -0.15) is 0 Å². The van der Waals surface area contributed by atoms with Crippen molar-refractivity contribution in [1.29, 1.82) is 0 Å². The summed E-state index contributed by atoms with van der Waals surface area (Å²) in [5.41, 5.74) is 8.10. The number of nitrogens with two attached hydrogens (primary N) is 1. The first-order valence-corrected chi connectivity index (χ1v) is 9.89. The van der Waals surface area contributed by atoms with Gasteiger partial charge >= 0.3 is 0 Å². The summed E-state index contributed by atoms with van der Waals surface area (Å²) in [6.45, 7) is 6.53. The molecule has 1 unspecified atom stereocenters. The first-order chi connectivity index (χ1) is 12.2. The third-order valence-corrected chi connectivity index (χ3v) is 5.46. The number of hydrogen-bond donors (Lipinski definition) is 3. The lowest BCUT2D eigenvalue weighted by molar-refractivity contribution is 0.0947.